The molecule has 102 valence electrons. The zero-order chi connectivity index (χ0) is 13.4. The standard InChI is InChI=1S/C13H14Cl2N2OS/c14-9-3-8-1-2-17(5-10(8)11(15)4-9)13(18)12-6-19-7-16-12/h3-4,12,16H,1-2,5-7H2/t12-/m1/s1. The fraction of sp³-hybridized carbons (Fsp3) is 0.462. The summed E-state index contributed by atoms with van der Waals surface area (Å²) >= 11 is 14.0. The number of carbonyl (C=O) groups is 1. The Kier molecular flexibility index (Phi) is 3.94. The number of halogens is 2. The molecule has 1 aromatic rings. The van der Waals surface area contributed by atoms with Gasteiger partial charge in [-0.05, 0) is 29.7 Å². The summed E-state index contributed by atoms with van der Waals surface area (Å²) in [5.41, 5.74) is 2.20. The lowest BCUT2D eigenvalue weighted by Crippen LogP contribution is -2.46. The van der Waals surface area contributed by atoms with E-state index in [-0.39, 0.29) is 11.9 Å². The van der Waals surface area contributed by atoms with E-state index in [1.807, 2.05) is 11.0 Å². The van der Waals surface area contributed by atoms with Gasteiger partial charge in [0.25, 0.3) is 0 Å². The van der Waals surface area contributed by atoms with E-state index in [9.17, 15) is 4.79 Å². The Hall–Kier alpha value is -0.420. The lowest BCUT2D eigenvalue weighted by molar-refractivity contribution is -0.133. The van der Waals surface area contributed by atoms with Gasteiger partial charge in [-0.2, -0.15) is 0 Å². The van der Waals surface area contributed by atoms with Gasteiger partial charge in [0.2, 0.25) is 5.91 Å². The fourth-order valence-corrected chi connectivity index (χ4v) is 4.07. The molecule has 3 rings (SSSR count). The van der Waals surface area contributed by atoms with Gasteiger partial charge in [-0.25, -0.2) is 0 Å². The molecule has 1 saturated heterocycles. The molecule has 2 heterocycles. The van der Waals surface area contributed by atoms with Crippen LogP contribution in [0.1, 0.15) is 11.1 Å². The van der Waals surface area contributed by atoms with Crippen molar-refractivity contribution in [2.24, 2.45) is 0 Å². The van der Waals surface area contributed by atoms with Crippen molar-refractivity contribution in [3.63, 3.8) is 0 Å². The highest BCUT2D eigenvalue weighted by Gasteiger charge is 2.30. The molecule has 1 atom stereocenters. The fourth-order valence-electron chi connectivity index (χ4n) is 2.54. The topological polar surface area (TPSA) is 32.3 Å². The number of amides is 1. The molecule has 0 aromatic heterocycles. The minimum atomic E-state index is -0.0439. The van der Waals surface area contributed by atoms with Crippen LogP contribution in [0.3, 0.4) is 0 Å². The summed E-state index contributed by atoms with van der Waals surface area (Å²) in [4.78, 5) is 14.3. The van der Waals surface area contributed by atoms with Crippen LogP contribution in [0, 0.1) is 0 Å². The lowest BCUT2D eigenvalue weighted by Gasteiger charge is -2.31. The molecule has 0 radical (unpaired) electrons. The molecule has 1 aromatic carbocycles. The number of thioether (sulfide) groups is 1. The summed E-state index contributed by atoms with van der Waals surface area (Å²) in [7, 11) is 0. The van der Waals surface area contributed by atoms with E-state index in [0.29, 0.717) is 16.6 Å². The molecule has 1 fully saturated rings. The van der Waals surface area contributed by atoms with E-state index in [2.05, 4.69) is 5.32 Å². The third-order valence-electron chi connectivity index (χ3n) is 3.58. The molecule has 3 nitrogen and oxygen atoms in total. The van der Waals surface area contributed by atoms with Crippen LogP contribution in [-0.4, -0.2) is 35.0 Å². The Morgan fingerprint density at radius 2 is 2.26 bits per heavy atom. The van der Waals surface area contributed by atoms with Crippen molar-refractivity contribution in [2.45, 2.75) is 19.0 Å². The molecule has 0 saturated carbocycles. The van der Waals surface area contributed by atoms with Crippen LogP contribution >= 0.6 is 35.0 Å². The largest absolute Gasteiger partial charge is 0.337 e. The van der Waals surface area contributed by atoms with Crippen molar-refractivity contribution in [3.05, 3.63) is 33.3 Å². The molecule has 19 heavy (non-hydrogen) atoms. The van der Waals surface area contributed by atoms with Gasteiger partial charge in [0.15, 0.2) is 0 Å². The predicted octanol–water partition coefficient (Wildman–Crippen LogP) is 2.54. The second-order valence-electron chi connectivity index (χ2n) is 4.81. The van der Waals surface area contributed by atoms with Crippen LogP contribution in [0.15, 0.2) is 12.1 Å². The van der Waals surface area contributed by atoms with Gasteiger partial charge in [0.05, 0.1) is 6.04 Å². The first-order chi connectivity index (χ1) is 9.15. The third-order valence-corrected chi connectivity index (χ3v) is 5.07. The van der Waals surface area contributed by atoms with Crippen molar-refractivity contribution in [1.82, 2.24) is 10.2 Å². The number of nitrogens with zero attached hydrogens (tertiary/aromatic N) is 1. The van der Waals surface area contributed by atoms with E-state index in [4.69, 9.17) is 23.2 Å². The van der Waals surface area contributed by atoms with E-state index < -0.39 is 0 Å². The molecule has 0 bridgehead atoms. The highest BCUT2D eigenvalue weighted by Crippen LogP contribution is 2.30. The monoisotopic (exact) mass is 316 g/mol. The Bertz CT molecular complexity index is 518. The Morgan fingerprint density at radius 3 is 3.00 bits per heavy atom. The van der Waals surface area contributed by atoms with Crippen molar-refractivity contribution < 1.29 is 4.79 Å². The molecule has 1 amide bonds. The van der Waals surface area contributed by atoms with Gasteiger partial charge in [-0.15, -0.1) is 11.8 Å². The Morgan fingerprint density at radius 1 is 1.42 bits per heavy atom. The SMILES string of the molecule is O=C([C@H]1CSCN1)N1CCc2cc(Cl)cc(Cl)c2C1. The Balaban J connectivity index is 1.80. The molecule has 2 aliphatic heterocycles. The van der Waals surface area contributed by atoms with Crippen LogP contribution < -0.4 is 5.32 Å². The van der Waals surface area contributed by atoms with Crippen molar-refractivity contribution in [2.75, 3.05) is 18.2 Å². The summed E-state index contributed by atoms with van der Waals surface area (Å²) < 4.78 is 0. The zero-order valence-corrected chi connectivity index (χ0v) is 12.6. The summed E-state index contributed by atoms with van der Waals surface area (Å²) in [5, 5.41) is 4.54. The van der Waals surface area contributed by atoms with E-state index in [0.717, 1.165) is 35.7 Å². The second kappa shape index (κ2) is 5.52. The number of carbonyl (C=O) groups excluding carboxylic acids is 1. The number of fused-ring (bicyclic) bond motifs is 1. The molecule has 1 N–H and O–H groups in total. The zero-order valence-electron chi connectivity index (χ0n) is 10.3. The summed E-state index contributed by atoms with van der Waals surface area (Å²) in [5.74, 6) is 1.90. The Labute approximate surface area is 126 Å². The van der Waals surface area contributed by atoms with Crippen molar-refractivity contribution >= 4 is 40.9 Å². The quantitative estimate of drug-likeness (QED) is 0.864. The first-order valence-corrected chi connectivity index (χ1v) is 8.13. The van der Waals surface area contributed by atoms with Gasteiger partial charge >= 0.3 is 0 Å². The molecular weight excluding hydrogens is 303 g/mol. The highest BCUT2D eigenvalue weighted by atomic mass is 35.5. The molecule has 0 aliphatic carbocycles. The van der Waals surface area contributed by atoms with Crippen LogP contribution in [0.5, 0.6) is 0 Å². The maximum atomic E-state index is 12.4. The van der Waals surface area contributed by atoms with E-state index >= 15 is 0 Å². The van der Waals surface area contributed by atoms with Crippen LogP contribution in [-0.2, 0) is 17.8 Å². The van der Waals surface area contributed by atoms with Crippen LogP contribution in [0.4, 0.5) is 0 Å². The first-order valence-electron chi connectivity index (χ1n) is 6.22. The van der Waals surface area contributed by atoms with E-state index in [1.165, 1.54) is 0 Å². The predicted molar refractivity (Wildman–Crippen MR) is 79.8 cm³/mol. The second-order valence-corrected chi connectivity index (χ2v) is 6.68. The van der Waals surface area contributed by atoms with Gasteiger partial charge in [-0.1, -0.05) is 23.2 Å². The molecule has 0 unspecified atom stereocenters. The number of hydrogen-bond acceptors (Lipinski definition) is 3. The number of hydrogen-bond donors (Lipinski definition) is 1. The summed E-state index contributed by atoms with van der Waals surface area (Å²) in [6.07, 6.45) is 0.821. The average Bonchev–Trinajstić information content (AvgIpc) is 2.91. The van der Waals surface area contributed by atoms with Gasteiger partial charge < -0.3 is 4.90 Å². The van der Waals surface area contributed by atoms with Crippen LogP contribution in [0.2, 0.25) is 10.0 Å². The van der Waals surface area contributed by atoms with Crippen molar-refractivity contribution in [1.29, 1.82) is 0 Å². The molecule has 6 heteroatoms. The number of rotatable bonds is 1. The molecule has 2 aliphatic rings. The van der Waals surface area contributed by atoms with Crippen molar-refractivity contribution in [3.8, 4) is 0 Å². The highest BCUT2D eigenvalue weighted by molar-refractivity contribution is 7.99. The van der Waals surface area contributed by atoms with Gasteiger partial charge in [0.1, 0.15) is 0 Å². The van der Waals surface area contributed by atoms with E-state index in [1.54, 1.807) is 17.8 Å². The first kappa shape index (κ1) is 13.6. The van der Waals surface area contributed by atoms with Crippen LogP contribution in [0.25, 0.3) is 0 Å². The smallest absolute Gasteiger partial charge is 0.240 e. The molecule has 0 spiro atoms. The number of benzene rings is 1. The minimum Gasteiger partial charge on any atom is -0.337 e. The molecular formula is C13H14Cl2N2OS. The minimum absolute atomic E-state index is 0.0439. The van der Waals surface area contributed by atoms with Gasteiger partial charge in [-0.3, -0.25) is 10.1 Å². The maximum absolute atomic E-state index is 12.4. The summed E-state index contributed by atoms with van der Waals surface area (Å²) in [6, 6.07) is 3.66. The van der Waals surface area contributed by atoms with Gasteiger partial charge in [0, 0.05) is 34.8 Å². The average molecular weight is 317 g/mol. The maximum Gasteiger partial charge on any atom is 0.240 e. The normalized spacial score (nSPS) is 22.4. The number of nitrogens with one attached hydrogen (secondary N) is 1. The third kappa shape index (κ3) is 2.72. The lowest BCUT2D eigenvalue weighted by atomic mass is 9.99. The summed E-state index contributed by atoms with van der Waals surface area (Å²) in [6.45, 7) is 1.33.